The molecular weight excluding hydrogens is 242 g/mol. The van der Waals surface area contributed by atoms with E-state index in [9.17, 15) is 5.11 Å². The average molecular weight is 256 g/mol. The Bertz CT molecular complexity index is 299. The number of hydrogen-bond acceptors (Lipinski definition) is 2. The van der Waals surface area contributed by atoms with Crippen molar-refractivity contribution in [2.75, 3.05) is 6.54 Å². The van der Waals surface area contributed by atoms with Crippen LogP contribution in [-0.2, 0) is 0 Å². The van der Waals surface area contributed by atoms with Crippen LogP contribution in [0.1, 0.15) is 24.4 Å². The highest BCUT2D eigenvalue weighted by molar-refractivity contribution is 9.10. The summed E-state index contributed by atoms with van der Waals surface area (Å²) in [5.41, 5.74) is 1.26. The molecule has 0 aromatic heterocycles. The van der Waals surface area contributed by atoms with Crippen LogP contribution in [0.2, 0.25) is 0 Å². The maximum absolute atomic E-state index is 9.55. The molecule has 0 bridgehead atoms. The fourth-order valence-corrected chi connectivity index (χ4v) is 2.11. The van der Waals surface area contributed by atoms with Crippen molar-refractivity contribution >= 4 is 15.9 Å². The molecule has 0 amide bonds. The van der Waals surface area contributed by atoms with Crippen molar-refractivity contribution in [2.45, 2.75) is 25.0 Å². The minimum Gasteiger partial charge on any atom is -0.393 e. The van der Waals surface area contributed by atoms with Gasteiger partial charge in [-0.1, -0.05) is 28.1 Å². The Morgan fingerprint density at radius 3 is 2.64 bits per heavy atom. The van der Waals surface area contributed by atoms with E-state index in [1.807, 2.05) is 12.1 Å². The predicted molar refractivity (Wildman–Crippen MR) is 60.1 cm³/mol. The molecule has 3 heteroatoms. The lowest BCUT2D eigenvalue weighted by Crippen LogP contribution is -2.34. The van der Waals surface area contributed by atoms with E-state index in [1.54, 1.807) is 0 Å². The zero-order valence-corrected chi connectivity index (χ0v) is 9.50. The Labute approximate surface area is 92.5 Å². The van der Waals surface area contributed by atoms with Gasteiger partial charge in [-0.15, -0.1) is 0 Å². The quantitative estimate of drug-likeness (QED) is 0.807. The number of aliphatic hydroxyl groups excluding tert-OH is 1. The fraction of sp³-hybridized carbons (Fsp3) is 0.455. The van der Waals surface area contributed by atoms with E-state index < -0.39 is 0 Å². The van der Waals surface area contributed by atoms with Crippen molar-refractivity contribution in [1.29, 1.82) is 0 Å². The molecular formula is C11H14BrNO. The Morgan fingerprint density at radius 1 is 1.29 bits per heavy atom. The van der Waals surface area contributed by atoms with Gasteiger partial charge in [-0.25, -0.2) is 0 Å². The van der Waals surface area contributed by atoms with Crippen molar-refractivity contribution in [3.8, 4) is 0 Å². The summed E-state index contributed by atoms with van der Waals surface area (Å²) in [6.07, 6.45) is 1.54. The normalized spacial score (nSPS) is 27.6. The van der Waals surface area contributed by atoms with Gasteiger partial charge in [0.1, 0.15) is 0 Å². The van der Waals surface area contributed by atoms with E-state index in [1.165, 1.54) is 5.56 Å². The third-order valence-electron chi connectivity index (χ3n) is 2.65. The summed E-state index contributed by atoms with van der Waals surface area (Å²) in [5, 5.41) is 13.0. The second-order valence-corrected chi connectivity index (χ2v) is 4.65. The summed E-state index contributed by atoms with van der Waals surface area (Å²) < 4.78 is 1.10. The number of rotatable bonds is 1. The van der Waals surface area contributed by atoms with Gasteiger partial charge < -0.3 is 10.4 Å². The Kier molecular flexibility index (Phi) is 3.21. The third kappa shape index (κ3) is 2.35. The van der Waals surface area contributed by atoms with Gasteiger partial charge in [-0.2, -0.15) is 0 Å². The summed E-state index contributed by atoms with van der Waals surface area (Å²) in [4.78, 5) is 0. The van der Waals surface area contributed by atoms with E-state index in [2.05, 4.69) is 33.4 Å². The lowest BCUT2D eigenvalue weighted by Gasteiger charge is -2.27. The third-order valence-corrected chi connectivity index (χ3v) is 3.18. The summed E-state index contributed by atoms with van der Waals surface area (Å²) in [5.74, 6) is 0. The molecule has 76 valence electrons. The van der Waals surface area contributed by atoms with Crippen molar-refractivity contribution in [3.63, 3.8) is 0 Å². The lowest BCUT2D eigenvalue weighted by atomic mass is 9.96. The van der Waals surface area contributed by atoms with Gasteiger partial charge in [-0.05, 0) is 37.1 Å². The number of aliphatic hydroxyl groups is 1. The molecule has 0 spiro atoms. The first-order valence-electron chi connectivity index (χ1n) is 4.92. The van der Waals surface area contributed by atoms with E-state index in [-0.39, 0.29) is 6.10 Å². The van der Waals surface area contributed by atoms with Crippen LogP contribution in [0.4, 0.5) is 0 Å². The molecule has 2 atom stereocenters. The van der Waals surface area contributed by atoms with Gasteiger partial charge in [0.2, 0.25) is 0 Å². The smallest absolute Gasteiger partial charge is 0.0570 e. The molecule has 1 fully saturated rings. The molecule has 2 rings (SSSR count). The highest BCUT2D eigenvalue weighted by Gasteiger charge is 2.20. The van der Waals surface area contributed by atoms with Gasteiger partial charge in [0.05, 0.1) is 6.10 Å². The molecule has 1 aromatic rings. The molecule has 1 heterocycles. The summed E-state index contributed by atoms with van der Waals surface area (Å²) in [6, 6.07) is 8.59. The van der Waals surface area contributed by atoms with Gasteiger partial charge in [0.25, 0.3) is 0 Å². The van der Waals surface area contributed by atoms with Crippen molar-refractivity contribution in [2.24, 2.45) is 0 Å². The van der Waals surface area contributed by atoms with Crippen LogP contribution in [-0.4, -0.2) is 17.8 Å². The van der Waals surface area contributed by atoms with Crippen LogP contribution in [0, 0.1) is 0 Å². The maximum atomic E-state index is 9.55. The van der Waals surface area contributed by atoms with Crippen LogP contribution in [0.15, 0.2) is 28.7 Å². The van der Waals surface area contributed by atoms with Crippen molar-refractivity contribution < 1.29 is 5.11 Å². The average Bonchev–Trinajstić information content (AvgIpc) is 2.19. The van der Waals surface area contributed by atoms with Gasteiger partial charge in [0.15, 0.2) is 0 Å². The first kappa shape index (κ1) is 10.1. The van der Waals surface area contributed by atoms with Crippen LogP contribution in [0.25, 0.3) is 0 Å². The Morgan fingerprint density at radius 2 is 2.00 bits per heavy atom. The Hall–Kier alpha value is -0.380. The van der Waals surface area contributed by atoms with Crippen LogP contribution in [0.5, 0.6) is 0 Å². The molecule has 0 radical (unpaired) electrons. The molecule has 0 aliphatic carbocycles. The monoisotopic (exact) mass is 255 g/mol. The molecule has 1 aromatic carbocycles. The lowest BCUT2D eigenvalue weighted by molar-refractivity contribution is 0.117. The van der Waals surface area contributed by atoms with Gasteiger partial charge in [0, 0.05) is 10.5 Å². The molecule has 0 saturated carbocycles. The SMILES string of the molecule is O[C@H]1CCN[C@H](c2ccc(Br)cc2)C1. The fourth-order valence-electron chi connectivity index (χ4n) is 1.85. The largest absolute Gasteiger partial charge is 0.393 e. The molecule has 1 aliphatic rings. The number of piperidine rings is 1. The standard InChI is InChI=1S/C11H14BrNO/c12-9-3-1-8(2-4-9)11-7-10(14)5-6-13-11/h1-4,10-11,13-14H,5-7H2/t10-,11-/m0/s1. The summed E-state index contributed by atoms with van der Waals surface area (Å²) >= 11 is 3.41. The highest BCUT2D eigenvalue weighted by atomic mass is 79.9. The van der Waals surface area contributed by atoms with Gasteiger partial charge in [-0.3, -0.25) is 0 Å². The second kappa shape index (κ2) is 4.43. The van der Waals surface area contributed by atoms with Gasteiger partial charge >= 0.3 is 0 Å². The number of benzene rings is 1. The maximum Gasteiger partial charge on any atom is 0.0570 e. The molecule has 2 nitrogen and oxygen atoms in total. The topological polar surface area (TPSA) is 32.3 Å². The van der Waals surface area contributed by atoms with E-state index in [0.29, 0.717) is 6.04 Å². The molecule has 2 N–H and O–H groups in total. The van der Waals surface area contributed by atoms with E-state index in [0.717, 1.165) is 23.9 Å². The van der Waals surface area contributed by atoms with Crippen LogP contribution < -0.4 is 5.32 Å². The minimum atomic E-state index is -0.148. The zero-order chi connectivity index (χ0) is 9.97. The minimum absolute atomic E-state index is 0.148. The number of hydrogen-bond donors (Lipinski definition) is 2. The first-order valence-corrected chi connectivity index (χ1v) is 5.72. The summed E-state index contributed by atoms with van der Waals surface area (Å²) in [6.45, 7) is 0.905. The highest BCUT2D eigenvalue weighted by Crippen LogP contribution is 2.24. The van der Waals surface area contributed by atoms with Crippen molar-refractivity contribution in [3.05, 3.63) is 34.3 Å². The number of halogens is 1. The second-order valence-electron chi connectivity index (χ2n) is 3.74. The molecule has 1 saturated heterocycles. The molecule has 14 heavy (non-hydrogen) atoms. The zero-order valence-electron chi connectivity index (χ0n) is 7.91. The number of nitrogens with one attached hydrogen (secondary N) is 1. The van der Waals surface area contributed by atoms with E-state index >= 15 is 0 Å². The summed E-state index contributed by atoms with van der Waals surface area (Å²) in [7, 11) is 0. The van der Waals surface area contributed by atoms with Crippen molar-refractivity contribution in [1.82, 2.24) is 5.32 Å². The Balaban J connectivity index is 2.10. The predicted octanol–water partition coefficient (Wildman–Crippen LogP) is 2.23. The van der Waals surface area contributed by atoms with Crippen LogP contribution >= 0.6 is 15.9 Å². The molecule has 1 aliphatic heterocycles. The molecule has 0 unspecified atom stereocenters. The van der Waals surface area contributed by atoms with Crippen LogP contribution in [0.3, 0.4) is 0 Å². The first-order chi connectivity index (χ1) is 6.75. The van der Waals surface area contributed by atoms with E-state index in [4.69, 9.17) is 0 Å².